The molecule has 1 aromatic carbocycles. The molecule has 28 heavy (non-hydrogen) atoms. The minimum absolute atomic E-state index is 0.0309. The third-order valence-corrected chi connectivity index (χ3v) is 4.59. The maximum atomic E-state index is 11.7. The Morgan fingerprint density at radius 2 is 1.14 bits per heavy atom. The Morgan fingerprint density at radius 1 is 0.714 bits per heavy atom. The van der Waals surface area contributed by atoms with E-state index in [9.17, 15) is 4.79 Å². The van der Waals surface area contributed by atoms with Gasteiger partial charge >= 0.3 is 0 Å². The van der Waals surface area contributed by atoms with Crippen molar-refractivity contribution in [2.75, 3.05) is 52.9 Å². The van der Waals surface area contributed by atoms with Gasteiger partial charge in [-0.1, -0.05) is 0 Å². The van der Waals surface area contributed by atoms with Crippen molar-refractivity contribution in [1.29, 1.82) is 0 Å². The summed E-state index contributed by atoms with van der Waals surface area (Å²) >= 11 is 0. The highest BCUT2D eigenvalue weighted by atomic mass is 16.6. The highest BCUT2D eigenvalue weighted by Crippen LogP contribution is 2.47. The molecule has 4 aliphatic rings. The Labute approximate surface area is 161 Å². The summed E-state index contributed by atoms with van der Waals surface area (Å²) in [5.74, 6) is 1.48. The van der Waals surface area contributed by atoms with Gasteiger partial charge < -0.3 is 37.9 Å². The fraction of sp³-hybridized carbons (Fsp3) is 0.632. The van der Waals surface area contributed by atoms with E-state index in [1.54, 1.807) is 6.07 Å². The van der Waals surface area contributed by atoms with Gasteiger partial charge in [0.1, 0.15) is 50.8 Å². The van der Waals surface area contributed by atoms with Crippen LogP contribution in [0.5, 0.6) is 23.0 Å². The van der Waals surface area contributed by atoms with Crippen molar-refractivity contribution in [3.63, 3.8) is 0 Å². The average Bonchev–Trinajstić information content (AvgIpc) is 3.57. The molecule has 0 aromatic heterocycles. The minimum Gasteiger partial charge on any atom is -0.487 e. The number of hydrogen-bond donors (Lipinski definition) is 0. The third kappa shape index (κ3) is 4.67. The molecule has 5 rings (SSSR count). The SMILES string of the molecule is O=Cc1cc(OCC2CO2)c(OCC2CO2)c(OCC2CO2)c1OCC1CO1. The molecule has 4 saturated heterocycles. The molecule has 0 amide bonds. The first-order chi connectivity index (χ1) is 13.8. The lowest BCUT2D eigenvalue weighted by Crippen LogP contribution is -2.14. The van der Waals surface area contributed by atoms with Crippen LogP contribution in [0.25, 0.3) is 0 Å². The molecular formula is C19H22O9. The van der Waals surface area contributed by atoms with Crippen molar-refractivity contribution in [1.82, 2.24) is 0 Å². The molecule has 0 N–H and O–H groups in total. The zero-order valence-corrected chi connectivity index (χ0v) is 15.3. The molecule has 0 bridgehead atoms. The van der Waals surface area contributed by atoms with Crippen molar-refractivity contribution in [3.05, 3.63) is 11.6 Å². The van der Waals surface area contributed by atoms with Gasteiger partial charge in [-0.2, -0.15) is 0 Å². The van der Waals surface area contributed by atoms with E-state index in [4.69, 9.17) is 37.9 Å². The van der Waals surface area contributed by atoms with Gasteiger partial charge in [-0.05, 0) is 6.07 Å². The molecule has 4 heterocycles. The van der Waals surface area contributed by atoms with Gasteiger partial charge in [0.05, 0.1) is 32.0 Å². The predicted octanol–water partition coefficient (Wildman–Crippen LogP) is 0.610. The summed E-state index contributed by atoms with van der Waals surface area (Å²) in [7, 11) is 0. The lowest BCUT2D eigenvalue weighted by atomic mass is 10.1. The predicted molar refractivity (Wildman–Crippen MR) is 92.8 cm³/mol. The number of epoxide rings is 4. The lowest BCUT2D eigenvalue weighted by Gasteiger charge is -2.20. The monoisotopic (exact) mass is 394 g/mol. The summed E-state index contributed by atoms with van der Waals surface area (Å²) in [4.78, 5) is 11.7. The van der Waals surface area contributed by atoms with Gasteiger partial charge in [0.15, 0.2) is 17.8 Å². The van der Waals surface area contributed by atoms with E-state index < -0.39 is 0 Å². The van der Waals surface area contributed by atoms with E-state index in [1.165, 1.54) is 0 Å². The maximum absolute atomic E-state index is 11.7. The van der Waals surface area contributed by atoms with E-state index in [2.05, 4.69) is 0 Å². The van der Waals surface area contributed by atoms with Crippen LogP contribution in [-0.2, 0) is 18.9 Å². The van der Waals surface area contributed by atoms with E-state index in [-0.39, 0.29) is 24.4 Å². The van der Waals surface area contributed by atoms with E-state index in [0.717, 1.165) is 6.29 Å². The zero-order valence-electron chi connectivity index (χ0n) is 15.3. The van der Waals surface area contributed by atoms with Gasteiger partial charge in [-0.3, -0.25) is 4.79 Å². The van der Waals surface area contributed by atoms with E-state index in [0.29, 0.717) is 81.4 Å². The molecule has 0 aliphatic carbocycles. The van der Waals surface area contributed by atoms with E-state index in [1.807, 2.05) is 0 Å². The van der Waals surface area contributed by atoms with Crippen LogP contribution >= 0.6 is 0 Å². The maximum Gasteiger partial charge on any atom is 0.208 e. The van der Waals surface area contributed by atoms with Crippen molar-refractivity contribution in [2.45, 2.75) is 24.4 Å². The van der Waals surface area contributed by atoms with Crippen LogP contribution < -0.4 is 18.9 Å². The Bertz CT molecular complexity index is 721. The normalized spacial score (nSPS) is 29.0. The topological polar surface area (TPSA) is 104 Å². The third-order valence-electron chi connectivity index (χ3n) is 4.59. The van der Waals surface area contributed by atoms with Crippen LogP contribution in [0.15, 0.2) is 6.07 Å². The second kappa shape index (κ2) is 7.75. The van der Waals surface area contributed by atoms with Gasteiger partial charge in [0.2, 0.25) is 11.5 Å². The van der Waals surface area contributed by atoms with Crippen molar-refractivity contribution in [3.8, 4) is 23.0 Å². The van der Waals surface area contributed by atoms with Crippen LogP contribution in [0.2, 0.25) is 0 Å². The van der Waals surface area contributed by atoms with Crippen LogP contribution in [0.4, 0.5) is 0 Å². The largest absolute Gasteiger partial charge is 0.487 e. The Kier molecular flexibility index (Phi) is 4.98. The molecule has 9 nitrogen and oxygen atoms in total. The number of aldehydes is 1. The van der Waals surface area contributed by atoms with E-state index >= 15 is 0 Å². The molecule has 0 radical (unpaired) electrons. The first-order valence-electron chi connectivity index (χ1n) is 9.44. The van der Waals surface area contributed by atoms with Crippen molar-refractivity contribution < 1.29 is 42.7 Å². The molecule has 0 saturated carbocycles. The summed E-state index contributed by atoms with van der Waals surface area (Å²) in [6, 6.07) is 1.61. The van der Waals surface area contributed by atoms with Crippen LogP contribution in [0, 0.1) is 0 Å². The quantitative estimate of drug-likeness (QED) is 0.351. The minimum atomic E-state index is 0.0309. The van der Waals surface area contributed by atoms with Gasteiger partial charge in [0.25, 0.3) is 0 Å². The highest BCUT2D eigenvalue weighted by molar-refractivity contribution is 5.84. The summed E-state index contributed by atoms with van der Waals surface area (Å²) in [5.41, 5.74) is 0.328. The van der Waals surface area contributed by atoms with Crippen LogP contribution in [0.1, 0.15) is 10.4 Å². The number of carbonyl (C=O) groups is 1. The number of rotatable bonds is 13. The standard InChI is InChI=1S/C19H22O9/c20-2-11-1-16(25-7-12-3-21-12)18(27-9-14-5-23-14)19(28-10-15-6-24-15)17(11)26-8-13-4-22-13/h1-2,12-15H,3-10H2. The molecule has 0 spiro atoms. The summed E-state index contributed by atoms with van der Waals surface area (Å²) in [5, 5.41) is 0. The molecule has 9 heteroatoms. The van der Waals surface area contributed by atoms with Gasteiger partial charge in [0, 0.05) is 0 Å². The van der Waals surface area contributed by atoms with Crippen LogP contribution in [0.3, 0.4) is 0 Å². The van der Waals surface area contributed by atoms with Gasteiger partial charge in [-0.15, -0.1) is 0 Å². The number of ether oxygens (including phenoxy) is 8. The van der Waals surface area contributed by atoms with Crippen LogP contribution in [-0.4, -0.2) is 83.6 Å². The fourth-order valence-corrected chi connectivity index (χ4v) is 2.60. The molecule has 4 atom stereocenters. The second-order valence-corrected chi connectivity index (χ2v) is 7.13. The molecule has 1 aromatic rings. The fourth-order valence-electron chi connectivity index (χ4n) is 2.60. The summed E-state index contributed by atoms with van der Waals surface area (Å²) in [6.07, 6.45) is 0.896. The Hall–Kier alpha value is -2.07. The molecule has 4 unspecified atom stereocenters. The average molecular weight is 394 g/mol. The van der Waals surface area contributed by atoms with Crippen molar-refractivity contribution >= 4 is 6.29 Å². The van der Waals surface area contributed by atoms with Gasteiger partial charge in [-0.25, -0.2) is 0 Å². The first-order valence-corrected chi connectivity index (χ1v) is 9.44. The number of carbonyl (C=O) groups excluding carboxylic acids is 1. The molecule has 152 valence electrons. The zero-order chi connectivity index (χ0) is 18.9. The first kappa shape index (κ1) is 18.0. The highest BCUT2D eigenvalue weighted by Gasteiger charge is 2.32. The Balaban J connectivity index is 1.45. The van der Waals surface area contributed by atoms with Crippen molar-refractivity contribution in [2.24, 2.45) is 0 Å². The summed E-state index contributed by atoms with van der Waals surface area (Å²) in [6.45, 7) is 4.01. The number of benzene rings is 1. The second-order valence-electron chi connectivity index (χ2n) is 7.13. The number of hydrogen-bond acceptors (Lipinski definition) is 9. The summed E-state index contributed by atoms with van der Waals surface area (Å²) < 4.78 is 44.6. The molecular weight excluding hydrogens is 372 g/mol. The molecule has 4 fully saturated rings. The molecule has 4 aliphatic heterocycles. The smallest absolute Gasteiger partial charge is 0.208 e. The lowest BCUT2D eigenvalue weighted by molar-refractivity contribution is 0.111. The Morgan fingerprint density at radius 3 is 1.61 bits per heavy atom.